The second-order valence-electron chi connectivity index (χ2n) is 7.61. The van der Waals surface area contributed by atoms with Crippen LogP contribution in [0.3, 0.4) is 0 Å². The lowest BCUT2D eigenvalue weighted by molar-refractivity contribution is 0.111. The van der Waals surface area contributed by atoms with Crippen LogP contribution in [0.25, 0.3) is 33.9 Å². The second-order valence-corrected chi connectivity index (χ2v) is 7.97. The van der Waals surface area contributed by atoms with Crippen LogP contribution in [-0.2, 0) is 13.0 Å². The van der Waals surface area contributed by atoms with Gasteiger partial charge in [0.05, 0.1) is 0 Å². The monoisotopic (exact) mass is 461 g/mol. The third kappa shape index (κ3) is 4.03. The predicted octanol–water partition coefficient (Wildman–Crippen LogP) is 4.73. The van der Waals surface area contributed by atoms with Gasteiger partial charge in [0, 0.05) is 24.1 Å². The van der Waals surface area contributed by atoms with Crippen molar-refractivity contribution in [1.82, 2.24) is 35.2 Å². The summed E-state index contributed by atoms with van der Waals surface area (Å²) >= 11 is 6.21. The summed E-state index contributed by atoms with van der Waals surface area (Å²) in [5, 5.41) is 14.5. The number of aryl methyl sites for hydroxylation is 1. The zero-order valence-electron chi connectivity index (χ0n) is 17.8. The molecular formula is C23H20ClN7O2. The maximum Gasteiger partial charge on any atom is 0.228 e. The van der Waals surface area contributed by atoms with E-state index in [1.807, 2.05) is 47.0 Å². The number of hydrogen-bond donors (Lipinski definition) is 1. The van der Waals surface area contributed by atoms with Gasteiger partial charge in [-0.3, -0.25) is 4.79 Å². The molecule has 3 aromatic heterocycles. The highest BCUT2D eigenvalue weighted by atomic mass is 35.5. The SMILES string of the molecule is CCCCc1nc(Cl)c(C=O)n1Cc1ccc2nc(-c3ccccc3-c3nn[nH]n3)oc2c1. The number of carbonyl (C=O) groups is 1. The van der Waals surface area contributed by atoms with Gasteiger partial charge in [-0.05, 0) is 35.4 Å². The van der Waals surface area contributed by atoms with E-state index >= 15 is 0 Å². The highest BCUT2D eigenvalue weighted by molar-refractivity contribution is 6.31. The number of aldehydes is 1. The molecule has 0 bridgehead atoms. The van der Waals surface area contributed by atoms with Crippen molar-refractivity contribution in [3.63, 3.8) is 0 Å². The van der Waals surface area contributed by atoms with Crippen LogP contribution in [-0.4, -0.2) is 41.4 Å². The lowest BCUT2D eigenvalue weighted by atomic mass is 10.1. The number of carbonyl (C=O) groups excluding carboxylic acids is 1. The summed E-state index contributed by atoms with van der Waals surface area (Å²) in [6, 6.07) is 13.4. The Morgan fingerprint density at radius 3 is 2.76 bits per heavy atom. The molecule has 33 heavy (non-hydrogen) atoms. The molecule has 0 saturated heterocycles. The summed E-state index contributed by atoms with van der Waals surface area (Å²) in [6.07, 6.45) is 3.51. The van der Waals surface area contributed by atoms with E-state index < -0.39 is 0 Å². The van der Waals surface area contributed by atoms with Gasteiger partial charge in [-0.15, -0.1) is 10.2 Å². The Hall–Kier alpha value is -3.85. The molecule has 0 saturated carbocycles. The number of nitrogens with zero attached hydrogens (tertiary/aromatic N) is 6. The van der Waals surface area contributed by atoms with Gasteiger partial charge in [-0.2, -0.15) is 5.21 Å². The first kappa shape index (κ1) is 21.0. The zero-order chi connectivity index (χ0) is 22.8. The van der Waals surface area contributed by atoms with Crippen molar-refractivity contribution in [2.24, 2.45) is 0 Å². The number of fused-ring (bicyclic) bond motifs is 1. The summed E-state index contributed by atoms with van der Waals surface area (Å²) in [5.74, 6) is 1.73. The Bertz CT molecular complexity index is 1420. The molecule has 5 rings (SSSR count). The number of imidazole rings is 1. The van der Waals surface area contributed by atoms with Crippen LogP contribution in [0.15, 0.2) is 46.9 Å². The molecule has 0 aliphatic carbocycles. The van der Waals surface area contributed by atoms with E-state index in [1.165, 1.54) is 0 Å². The standard InChI is InChI=1S/C23H20ClN7O2/c1-2-3-8-20-26-21(24)18(13-32)31(20)12-14-9-10-17-19(11-14)33-23(25-17)16-7-5-4-6-15(16)22-27-29-30-28-22/h4-7,9-11,13H,2-3,8,12H2,1H3,(H,27,28,29,30). The Kier molecular flexibility index (Phi) is 5.70. The Morgan fingerprint density at radius 2 is 2.00 bits per heavy atom. The van der Waals surface area contributed by atoms with E-state index in [2.05, 4.69) is 37.5 Å². The largest absolute Gasteiger partial charge is 0.436 e. The van der Waals surface area contributed by atoms with Crippen LogP contribution >= 0.6 is 11.6 Å². The van der Waals surface area contributed by atoms with Crippen molar-refractivity contribution in [1.29, 1.82) is 0 Å². The van der Waals surface area contributed by atoms with Crippen molar-refractivity contribution < 1.29 is 9.21 Å². The Balaban J connectivity index is 1.51. The molecule has 9 nitrogen and oxygen atoms in total. The molecule has 0 aliphatic rings. The van der Waals surface area contributed by atoms with Crippen molar-refractivity contribution in [2.45, 2.75) is 32.7 Å². The van der Waals surface area contributed by atoms with Gasteiger partial charge in [0.15, 0.2) is 17.0 Å². The van der Waals surface area contributed by atoms with Gasteiger partial charge < -0.3 is 8.98 Å². The molecule has 0 unspecified atom stereocenters. The number of hydrogen-bond acceptors (Lipinski definition) is 7. The Labute approximate surface area is 193 Å². The number of rotatable bonds is 8. The van der Waals surface area contributed by atoms with Gasteiger partial charge in [-0.1, -0.05) is 49.2 Å². The number of aromatic amines is 1. The fourth-order valence-corrected chi connectivity index (χ4v) is 4.05. The number of oxazole rings is 1. The lowest BCUT2D eigenvalue weighted by Gasteiger charge is -2.09. The van der Waals surface area contributed by atoms with E-state index in [-0.39, 0.29) is 5.15 Å². The predicted molar refractivity (Wildman–Crippen MR) is 123 cm³/mol. The summed E-state index contributed by atoms with van der Waals surface area (Å²) < 4.78 is 7.98. The van der Waals surface area contributed by atoms with E-state index in [9.17, 15) is 4.79 Å². The lowest BCUT2D eigenvalue weighted by Crippen LogP contribution is -2.08. The third-order valence-corrected chi connectivity index (χ3v) is 5.72. The van der Waals surface area contributed by atoms with E-state index in [1.54, 1.807) is 0 Å². The minimum atomic E-state index is 0.234. The summed E-state index contributed by atoms with van der Waals surface area (Å²) in [4.78, 5) is 20.7. The second kappa shape index (κ2) is 8.95. The van der Waals surface area contributed by atoms with Gasteiger partial charge in [0.2, 0.25) is 11.7 Å². The van der Waals surface area contributed by atoms with Gasteiger partial charge in [-0.25, -0.2) is 9.97 Å². The number of H-pyrrole nitrogens is 1. The molecule has 5 aromatic rings. The van der Waals surface area contributed by atoms with Crippen molar-refractivity contribution in [3.8, 4) is 22.8 Å². The van der Waals surface area contributed by atoms with E-state index in [0.29, 0.717) is 29.5 Å². The molecule has 2 aromatic carbocycles. The number of nitrogens with one attached hydrogen (secondary N) is 1. The molecule has 0 fully saturated rings. The van der Waals surface area contributed by atoms with Crippen LogP contribution in [0.4, 0.5) is 0 Å². The summed E-state index contributed by atoms with van der Waals surface area (Å²) in [6.45, 7) is 2.57. The van der Waals surface area contributed by atoms with Crippen LogP contribution < -0.4 is 0 Å². The van der Waals surface area contributed by atoms with Crippen LogP contribution in [0, 0.1) is 0 Å². The van der Waals surface area contributed by atoms with Crippen LogP contribution in [0.2, 0.25) is 5.15 Å². The normalized spacial score (nSPS) is 11.3. The molecule has 0 amide bonds. The zero-order valence-corrected chi connectivity index (χ0v) is 18.6. The first-order valence-electron chi connectivity index (χ1n) is 10.6. The van der Waals surface area contributed by atoms with Crippen LogP contribution in [0.5, 0.6) is 0 Å². The fourth-order valence-electron chi connectivity index (χ4n) is 3.80. The minimum absolute atomic E-state index is 0.234. The molecule has 1 N–H and O–H groups in total. The van der Waals surface area contributed by atoms with E-state index in [0.717, 1.165) is 53.6 Å². The summed E-state index contributed by atoms with van der Waals surface area (Å²) in [7, 11) is 0. The minimum Gasteiger partial charge on any atom is -0.436 e. The van der Waals surface area contributed by atoms with E-state index in [4.69, 9.17) is 16.0 Å². The Morgan fingerprint density at radius 1 is 1.15 bits per heavy atom. The molecule has 0 spiro atoms. The van der Waals surface area contributed by atoms with Crippen molar-refractivity contribution in [2.75, 3.05) is 0 Å². The molecule has 3 heterocycles. The third-order valence-electron chi connectivity index (χ3n) is 5.44. The number of tetrazole rings is 1. The first-order valence-corrected chi connectivity index (χ1v) is 11.0. The molecule has 0 radical (unpaired) electrons. The fraction of sp³-hybridized carbons (Fsp3) is 0.217. The first-order chi connectivity index (χ1) is 16.2. The number of unbranched alkanes of at least 4 members (excludes halogenated alkanes) is 1. The van der Waals surface area contributed by atoms with Crippen LogP contribution in [0.1, 0.15) is 41.6 Å². The smallest absolute Gasteiger partial charge is 0.228 e. The molecule has 10 heteroatoms. The van der Waals surface area contributed by atoms with Crippen molar-refractivity contribution >= 4 is 29.0 Å². The molecule has 0 aliphatic heterocycles. The molecule has 0 atom stereocenters. The van der Waals surface area contributed by atoms with Gasteiger partial charge in [0.1, 0.15) is 17.0 Å². The highest BCUT2D eigenvalue weighted by Gasteiger charge is 2.18. The van der Waals surface area contributed by atoms with Gasteiger partial charge in [0.25, 0.3) is 0 Å². The topological polar surface area (TPSA) is 115 Å². The van der Waals surface area contributed by atoms with Crippen molar-refractivity contribution in [3.05, 3.63) is 64.7 Å². The number of benzene rings is 2. The summed E-state index contributed by atoms with van der Waals surface area (Å²) in [5.41, 5.74) is 4.23. The average molecular weight is 462 g/mol. The molecule has 166 valence electrons. The average Bonchev–Trinajstić information content (AvgIpc) is 3.57. The number of halogens is 1. The maximum absolute atomic E-state index is 11.6. The quantitative estimate of drug-likeness (QED) is 0.332. The van der Waals surface area contributed by atoms with Gasteiger partial charge >= 0.3 is 0 Å². The number of aromatic nitrogens is 7. The highest BCUT2D eigenvalue weighted by Crippen LogP contribution is 2.32. The molecular weight excluding hydrogens is 442 g/mol. The maximum atomic E-state index is 11.6.